The molecule has 1 aliphatic rings. The molecular weight excluding hydrogens is 174 g/mol. The van der Waals surface area contributed by atoms with Crippen molar-refractivity contribution in [1.82, 2.24) is 5.32 Å². The van der Waals surface area contributed by atoms with Crippen molar-refractivity contribution in [2.45, 2.75) is 18.9 Å². The van der Waals surface area contributed by atoms with Gasteiger partial charge in [-0.15, -0.1) is 0 Å². The van der Waals surface area contributed by atoms with Crippen molar-refractivity contribution in [1.29, 1.82) is 0 Å². The molecule has 72 valence electrons. The van der Waals surface area contributed by atoms with Gasteiger partial charge in [-0.05, 0) is 49.2 Å². The Morgan fingerprint density at radius 1 is 1.29 bits per heavy atom. The molecule has 1 aromatic heterocycles. The lowest BCUT2D eigenvalue weighted by molar-refractivity contribution is 0.593. The van der Waals surface area contributed by atoms with E-state index in [1.54, 1.807) is 6.26 Å². The van der Waals surface area contributed by atoms with Gasteiger partial charge in [0.25, 0.3) is 0 Å². The molecule has 0 spiro atoms. The third-order valence-corrected chi connectivity index (χ3v) is 3.12. The van der Waals surface area contributed by atoms with Gasteiger partial charge < -0.3 is 9.73 Å². The van der Waals surface area contributed by atoms with Crippen molar-refractivity contribution in [3.8, 4) is 0 Å². The van der Waals surface area contributed by atoms with Crippen molar-refractivity contribution in [2.75, 3.05) is 7.05 Å². The van der Waals surface area contributed by atoms with Crippen LogP contribution in [0.3, 0.4) is 0 Å². The van der Waals surface area contributed by atoms with Crippen LogP contribution in [0.15, 0.2) is 28.9 Å². The van der Waals surface area contributed by atoms with Gasteiger partial charge in [-0.1, -0.05) is 0 Å². The molecule has 2 nitrogen and oxygen atoms in total. The van der Waals surface area contributed by atoms with Gasteiger partial charge in [-0.2, -0.15) is 0 Å². The molecule has 0 aliphatic heterocycles. The van der Waals surface area contributed by atoms with Crippen LogP contribution in [0, 0.1) is 0 Å². The van der Waals surface area contributed by atoms with Crippen molar-refractivity contribution in [3.05, 3.63) is 35.6 Å². The van der Waals surface area contributed by atoms with E-state index < -0.39 is 0 Å². The molecule has 0 unspecified atom stereocenters. The third-order valence-electron chi connectivity index (χ3n) is 3.12. The smallest absolute Gasteiger partial charge is 0.134 e. The number of nitrogens with one attached hydrogen (secondary N) is 1. The molecule has 0 saturated heterocycles. The molecule has 2 aromatic rings. The summed E-state index contributed by atoms with van der Waals surface area (Å²) in [6, 6.07) is 7.08. The maximum Gasteiger partial charge on any atom is 0.134 e. The molecule has 3 rings (SSSR count). The number of fused-ring (bicyclic) bond motifs is 2. The molecule has 0 amide bonds. The molecule has 0 radical (unpaired) electrons. The zero-order valence-electron chi connectivity index (χ0n) is 8.21. The van der Waals surface area contributed by atoms with Crippen LogP contribution in [0.4, 0.5) is 0 Å². The minimum Gasteiger partial charge on any atom is -0.464 e. The number of rotatable bonds is 1. The fraction of sp³-hybridized carbons (Fsp3) is 0.333. The Balaban J connectivity index is 2.13. The van der Waals surface area contributed by atoms with Gasteiger partial charge in [0, 0.05) is 11.4 Å². The average molecular weight is 187 g/mol. The maximum absolute atomic E-state index is 5.39. The Hall–Kier alpha value is -1.28. The second-order valence-electron chi connectivity index (χ2n) is 3.97. The van der Waals surface area contributed by atoms with Gasteiger partial charge in [0.2, 0.25) is 0 Å². The molecule has 0 fully saturated rings. The van der Waals surface area contributed by atoms with E-state index in [4.69, 9.17) is 4.42 Å². The third kappa shape index (κ3) is 1.07. The number of benzene rings is 1. The van der Waals surface area contributed by atoms with E-state index in [1.807, 2.05) is 13.1 Å². The molecule has 1 aliphatic carbocycles. The Morgan fingerprint density at radius 2 is 2.07 bits per heavy atom. The summed E-state index contributed by atoms with van der Waals surface area (Å²) in [4.78, 5) is 0. The monoisotopic (exact) mass is 187 g/mol. The van der Waals surface area contributed by atoms with Gasteiger partial charge in [0.1, 0.15) is 5.58 Å². The summed E-state index contributed by atoms with van der Waals surface area (Å²) < 4.78 is 5.39. The molecule has 0 saturated carbocycles. The fourth-order valence-electron chi connectivity index (χ4n) is 2.29. The lowest BCUT2D eigenvalue weighted by atomic mass is 10.1. The highest BCUT2D eigenvalue weighted by Crippen LogP contribution is 2.27. The maximum atomic E-state index is 5.39. The molecule has 1 aromatic carbocycles. The first-order valence-electron chi connectivity index (χ1n) is 5.03. The molecule has 1 atom stereocenters. The lowest BCUT2D eigenvalue weighted by Gasteiger charge is -2.04. The zero-order valence-corrected chi connectivity index (χ0v) is 8.21. The van der Waals surface area contributed by atoms with E-state index in [-0.39, 0.29) is 0 Å². The minimum atomic E-state index is 0.608. The van der Waals surface area contributed by atoms with Gasteiger partial charge >= 0.3 is 0 Å². The summed E-state index contributed by atoms with van der Waals surface area (Å²) >= 11 is 0. The van der Waals surface area contributed by atoms with Gasteiger partial charge in [0.05, 0.1) is 6.26 Å². The Morgan fingerprint density at radius 3 is 2.86 bits per heavy atom. The molecule has 14 heavy (non-hydrogen) atoms. The van der Waals surface area contributed by atoms with Crippen LogP contribution in [0.25, 0.3) is 11.0 Å². The summed E-state index contributed by atoms with van der Waals surface area (Å²) in [5, 5.41) is 4.55. The summed E-state index contributed by atoms with van der Waals surface area (Å²) in [7, 11) is 2.03. The number of likely N-dealkylation sites (N-methyl/N-ethyl adjacent to an activating group) is 1. The van der Waals surface area contributed by atoms with Gasteiger partial charge in [-0.3, -0.25) is 0 Å². The van der Waals surface area contributed by atoms with Crippen LogP contribution in [0.1, 0.15) is 11.1 Å². The van der Waals surface area contributed by atoms with Crippen molar-refractivity contribution < 1.29 is 4.42 Å². The van der Waals surface area contributed by atoms with Crippen molar-refractivity contribution in [2.24, 2.45) is 0 Å². The predicted molar refractivity (Wildman–Crippen MR) is 56.5 cm³/mol. The molecule has 0 bridgehead atoms. The second kappa shape index (κ2) is 2.85. The largest absolute Gasteiger partial charge is 0.464 e. The average Bonchev–Trinajstić information content (AvgIpc) is 2.77. The Bertz CT molecular complexity index is 432. The predicted octanol–water partition coefficient (Wildman–Crippen LogP) is 2.12. The Kier molecular flexibility index (Phi) is 1.64. The minimum absolute atomic E-state index is 0.608. The molecule has 1 N–H and O–H groups in total. The van der Waals surface area contributed by atoms with Crippen LogP contribution < -0.4 is 5.32 Å². The highest BCUT2D eigenvalue weighted by atomic mass is 16.3. The summed E-state index contributed by atoms with van der Waals surface area (Å²) in [5.41, 5.74) is 3.92. The lowest BCUT2D eigenvalue weighted by Crippen LogP contribution is -2.24. The summed E-state index contributed by atoms with van der Waals surface area (Å²) in [6.07, 6.45) is 4.03. The van der Waals surface area contributed by atoms with Crippen LogP contribution in [0.2, 0.25) is 0 Å². The zero-order chi connectivity index (χ0) is 9.54. The SMILES string of the molecule is CN[C@H]1Cc2cc3ccoc3cc2C1. The standard InChI is InChI=1S/C12H13NO/c1-13-11-5-9-4-8-2-3-14-12(8)7-10(9)6-11/h2-4,7,11,13H,5-6H2,1H3/t11-/m0/s1. The van der Waals surface area contributed by atoms with Gasteiger partial charge in [0.15, 0.2) is 0 Å². The molecule has 1 heterocycles. The van der Waals surface area contributed by atoms with E-state index in [1.165, 1.54) is 16.5 Å². The van der Waals surface area contributed by atoms with Crippen LogP contribution in [0.5, 0.6) is 0 Å². The van der Waals surface area contributed by atoms with E-state index in [2.05, 4.69) is 17.4 Å². The van der Waals surface area contributed by atoms with E-state index in [9.17, 15) is 0 Å². The summed E-state index contributed by atoms with van der Waals surface area (Å²) in [6.45, 7) is 0. The second-order valence-corrected chi connectivity index (χ2v) is 3.97. The van der Waals surface area contributed by atoms with E-state index >= 15 is 0 Å². The first-order chi connectivity index (χ1) is 6.86. The van der Waals surface area contributed by atoms with Crippen molar-refractivity contribution in [3.63, 3.8) is 0 Å². The highest BCUT2D eigenvalue weighted by Gasteiger charge is 2.20. The van der Waals surface area contributed by atoms with E-state index in [0.29, 0.717) is 6.04 Å². The highest BCUT2D eigenvalue weighted by molar-refractivity contribution is 5.79. The number of hydrogen-bond donors (Lipinski definition) is 1. The number of hydrogen-bond acceptors (Lipinski definition) is 2. The molecular formula is C12H13NO. The topological polar surface area (TPSA) is 25.2 Å². The quantitative estimate of drug-likeness (QED) is 0.739. The first kappa shape index (κ1) is 8.06. The van der Waals surface area contributed by atoms with Crippen LogP contribution >= 0.6 is 0 Å². The fourth-order valence-corrected chi connectivity index (χ4v) is 2.29. The normalized spacial score (nSPS) is 20.2. The first-order valence-corrected chi connectivity index (χ1v) is 5.03. The number of furan rings is 1. The Labute approximate surface area is 82.9 Å². The van der Waals surface area contributed by atoms with Crippen LogP contribution in [-0.4, -0.2) is 13.1 Å². The van der Waals surface area contributed by atoms with Gasteiger partial charge in [-0.25, -0.2) is 0 Å². The van der Waals surface area contributed by atoms with E-state index in [0.717, 1.165) is 18.4 Å². The summed E-state index contributed by atoms with van der Waals surface area (Å²) in [5.74, 6) is 0. The van der Waals surface area contributed by atoms with Crippen molar-refractivity contribution >= 4 is 11.0 Å². The molecule has 2 heteroatoms. The van der Waals surface area contributed by atoms with Crippen LogP contribution in [-0.2, 0) is 12.8 Å².